The molecule has 42 heavy (non-hydrogen) atoms. The number of carbonyl (C=O) groups is 1. The molecule has 1 aliphatic heterocycles. The van der Waals surface area contributed by atoms with E-state index >= 15 is 0 Å². The van der Waals surface area contributed by atoms with E-state index in [1.807, 2.05) is 30.3 Å². The van der Waals surface area contributed by atoms with Crippen LogP contribution in [0, 0.1) is 0 Å². The van der Waals surface area contributed by atoms with E-state index in [4.69, 9.17) is 48.9 Å². The van der Waals surface area contributed by atoms with Gasteiger partial charge in [-0.3, -0.25) is 9.36 Å². The molecule has 0 bridgehead atoms. The minimum absolute atomic E-state index is 0.166. The molecule has 0 amide bonds. The summed E-state index contributed by atoms with van der Waals surface area (Å²) in [5, 5.41) is 1.54. The molecular formula is C32H21Cl3N2O4S. The van der Waals surface area contributed by atoms with Crippen molar-refractivity contribution in [3.63, 3.8) is 0 Å². The fourth-order valence-electron chi connectivity index (χ4n) is 4.79. The number of esters is 1. The van der Waals surface area contributed by atoms with Crippen molar-refractivity contribution in [3.8, 4) is 11.3 Å². The molecule has 0 aliphatic carbocycles. The van der Waals surface area contributed by atoms with Crippen LogP contribution >= 0.6 is 46.1 Å². The van der Waals surface area contributed by atoms with Crippen molar-refractivity contribution in [3.05, 3.63) is 142 Å². The third-order valence-electron chi connectivity index (χ3n) is 6.65. The van der Waals surface area contributed by atoms with Gasteiger partial charge < -0.3 is 9.15 Å². The fourth-order valence-corrected chi connectivity index (χ4v) is 6.28. The molecule has 0 saturated carbocycles. The third-order valence-corrected chi connectivity index (χ3v) is 8.45. The van der Waals surface area contributed by atoms with Gasteiger partial charge in [0.15, 0.2) is 4.80 Å². The van der Waals surface area contributed by atoms with Crippen LogP contribution in [-0.4, -0.2) is 17.1 Å². The molecule has 1 aliphatic rings. The molecule has 3 heterocycles. The van der Waals surface area contributed by atoms with E-state index in [1.54, 1.807) is 67.6 Å². The standard InChI is InChI=1S/C32H21Cl3N2O4S/c1-2-40-31(39)27-28(18-6-4-3-5-7-18)36-32-37(29(27)19-8-10-20(33)11-9-19)30(38)26(42-32)17-22-13-15-25(41-22)23-16-21(34)12-14-24(23)35/h3-17,29H,2H2,1H3/b26-17-. The van der Waals surface area contributed by atoms with Crippen molar-refractivity contribution in [2.24, 2.45) is 4.99 Å². The summed E-state index contributed by atoms with van der Waals surface area (Å²) >= 11 is 19.9. The van der Waals surface area contributed by atoms with E-state index in [1.165, 1.54) is 15.9 Å². The Hall–Kier alpha value is -3.88. The van der Waals surface area contributed by atoms with Crippen LogP contribution in [0.1, 0.15) is 29.9 Å². The minimum Gasteiger partial charge on any atom is -0.463 e. The number of hydrogen-bond acceptors (Lipinski definition) is 6. The zero-order valence-electron chi connectivity index (χ0n) is 22.0. The predicted molar refractivity (Wildman–Crippen MR) is 167 cm³/mol. The number of carbonyl (C=O) groups excluding carboxylic acids is 1. The molecule has 10 heteroatoms. The average molecular weight is 636 g/mol. The molecule has 0 fully saturated rings. The van der Waals surface area contributed by atoms with E-state index in [0.717, 1.165) is 5.56 Å². The monoisotopic (exact) mass is 634 g/mol. The third kappa shape index (κ3) is 5.37. The van der Waals surface area contributed by atoms with Gasteiger partial charge in [0, 0.05) is 27.2 Å². The number of aromatic nitrogens is 1. The number of halogens is 3. The molecule has 6 nitrogen and oxygen atoms in total. The van der Waals surface area contributed by atoms with Gasteiger partial charge in [-0.05, 0) is 55.0 Å². The summed E-state index contributed by atoms with van der Waals surface area (Å²) in [5.41, 5.74) is 2.43. The van der Waals surface area contributed by atoms with Crippen molar-refractivity contribution in [2.75, 3.05) is 6.61 Å². The first-order valence-corrected chi connectivity index (χ1v) is 14.9. The molecule has 5 aromatic rings. The highest BCUT2D eigenvalue weighted by molar-refractivity contribution is 7.07. The van der Waals surface area contributed by atoms with E-state index < -0.39 is 12.0 Å². The van der Waals surface area contributed by atoms with E-state index in [2.05, 4.69) is 0 Å². The Morgan fingerprint density at radius 1 is 1.00 bits per heavy atom. The maximum Gasteiger partial charge on any atom is 0.338 e. The molecule has 3 aromatic carbocycles. The highest BCUT2D eigenvalue weighted by Gasteiger charge is 2.35. The second-order valence-corrected chi connectivity index (χ2v) is 11.6. The van der Waals surface area contributed by atoms with Gasteiger partial charge in [0.1, 0.15) is 11.5 Å². The van der Waals surface area contributed by atoms with Crippen molar-refractivity contribution >= 4 is 63.9 Å². The molecule has 2 aromatic heterocycles. The smallest absolute Gasteiger partial charge is 0.338 e. The largest absolute Gasteiger partial charge is 0.463 e. The number of benzene rings is 3. The van der Waals surface area contributed by atoms with Crippen LogP contribution in [0.5, 0.6) is 0 Å². The molecule has 1 atom stereocenters. The zero-order chi connectivity index (χ0) is 29.4. The number of rotatable bonds is 6. The number of nitrogens with zero attached hydrogens (tertiary/aromatic N) is 2. The second-order valence-electron chi connectivity index (χ2n) is 9.31. The van der Waals surface area contributed by atoms with Crippen molar-refractivity contribution in [2.45, 2.75) is 13.0 Å². The first-order chi connectivity index (χ1) is 20.3. The van der Waals surface area contributed by atoms with Gasteiger partial charge in [-0.2, -0.15) is 0 Å². The lowest BCUT2D eigenvalue weighted by atomic mass is 9.93. The van der Waals surface area contributed by atoms with E-state index in [0.29, 0.717) is 52.7 Å². The molecule has 0 spiro atoms. The molecule has 0 saturated heterocycles. The topological polar surface area (TPSA) is 73.8 Å². The van der Waals surface area contributed by atoms with Crippen molar-refractivity contribution in [1.29, 1.82) is 0 Å². The lowest BCUT2D eigenvalue weighted by molar-refractivity contribution is -0.138. The number of hydrogen-bond donors (Lipinski definition) is 0. The van der Waals surface area contributed by atoms with Gasteiger partial charge in [-0.1, -0.05) is 88.6 Å². The summed E-state index contributed by atoms with van der Waals surface area (Å²) in [5.74, 6) is 0.405. The minimum atomic E-state index is -0.799. The Labute approximate surface area is 259 Å². The predicted octanol–water partition coefficient (Wildman–Crippen LogP) is 7.16. The maximum atomic E-state index is 14.0. The zero-order valence-corrected chi connectivity index (χ0v) is 25.1. The lowest BCUT2D eigenvalue weighted by Gasteiger charge is -2.25. The van der Waals surface area contributed by atoms with Crippen LogP contribution in [-0.2, 0) is 9.53 Å². The Morgan fingerprint density at radius 3 is 2.48 bits per heavy atom. The summed E-state index contributed by atoms with van der Waals surface area (Å²) in [6.45, 7) is 1.90. The molecule has 6 rings (SSSR count). The van der Waals surface area contributed by atoms with Gasteiger partial charge in [-0.15, -0.1) is 0 Å². The lowest BCUT2D eigenvalue weighted by Crippen LogP contribution is -2.39. The quantitative estimate of drug-likeness (QED) is 0.186. The highest BCUT2D eigenvalue weighted by Crippen LogP contribution is 2.36. The molecule has 0 N–H and O–H groups in total. The van der Waals surface area contributed by atoms with Gasteiger partial charge in [0.25, 0.3) is 5.56 Å². The normalized spacial score (nSPS) is 15.0. The first-order valence-electron chi connectivity index (χ1n) is 12.9. The van der Waals surface area contributed by atoms with Gasteiger partial charge in [-0.25, -0.2) is 9.79 Å². The van der Waals surface area contributed by atoms with Crippen LogP contribution < -0.4 is 14.9 Å². The Bertz CT molecular complexity index is 2030. The summed E-state index contributed by atoms with van der Waals surface area (Å²) < 4.78 is 13.4. The molecule has 0 radical (unpaired) electrons. The molecule has 210 valence electrons. The SMILES string of the molecule is CCOC(=O)C1=C(c2ccccc2)N=c2s/c(=C\c3ccc(-c4cc(Cl)ccc4Cl)o3)c(=O)n2C1c1ccc(Cl)cc1. The van der Waals surface area contributed by atoms with Gasteiger partial charge >= 0.3 is 5.97 Å². The van der Waals surface area contributed by atoms with Crippen LogP contribution in [0.15, 0.2) is 105 Å². The molecule has 1 unspecified atom stereocenters. The number of fused-ring (bicyclic) bond motifs is 1. The van der Waals surface area contributed by atoms with Crippen LogP contribution in [0.25, 0.3) is 23.1 Å². The maximum absolute atomic E-state index is 14.0. The summed E-state index contributed by atoms with van der Waals surface area (Å²) in [6, 6.07) is 24.2. The highest BCUT2D eigenvalue weighted by atomic mass is 35.5. The van der Waals surface area contributed by atoms with Crippen LogP contribution in [0.3, 0.4) is 0 Å². The first kappa shape index (κ1) is 28.2. The number of thiazole rings is 1. The number of ether oxygens (including phenoxy) is 1. The fraction of sp³-hybridized carbons (Fsp3) is 0.0938. The summed E-state index contributed by atoms with van der Waals surface area (Å²) in [4.78, 5) is 32.8. The Kier molecular flexibility index (Phi) is 7.92. The van der Waals surface area contributed by atoms with Crippen molar-refractivity contribution in [1.82, 2.24) is 4.57 Å². The van der Waals surface area contributed by atoms with Gasteiger partial charge in [0.2, 0.25) is 0 Å². The summed E-state index contributed by atoms with van der Waals surface area (Å²) in [6.07, 6.45) is 1.65. The molecular weight excluding hydrogens is 615 g/mol. The van der Waals surface area contributed by atoms with Crippen LogP contribution in [0.2, 0.25) is 15.1 Å². The van der Waals surface area contributed by atoms with E-state index in [9.17, 15) is 9.59 Å². The Morgan fingerprint density at radius 2 is 1.74 bits per heavy atom. The summed E-state index contributed by atoms with van der Waals surface area (Å²) in [7, 11) is 0. The van der Waals surface area contributed by atoms with E-state index in [-0.39, 0.29) is 17.7 Å². The number of furan rings is 1. The van der Waals surface area contributed by atoms with Gasteiger partial charge in [0.05, 0.1) is 33.5 Å². The average Bonchev–Trinajstić information content (AvgIpc) is 3.58. The second kappa shape index (κ2) is 11.8. The van der Waals surface area contributed by atoms with Crippen LogP contribution in [0.4, 0.5) is 0 Å². The van der Waals surface area contributed by atoms with Crippen molar-refractivity contribution < 1.29 is 13.9 Å². The Balaban J connectivity index is 1.56.